The van der Waals surface area contributed by atoms with Gasteiger partial charge in [-0.25, -0.2) is 4.68 Å². The molecule has 1 aliphatic rings. The highest BCUT2D eigenvalue weighted by Crippen LogP contribution is 2.32. The van der Waals surface area contributed by atoms with Crippen molar-refractivity contribution in [2.75, 3.05) is 5.32 Å². The van der Waals surface area contributed by atoms with E-state index in [0.29, 0.717) is 23.6 Å². The van der Waals surface area contributed by atoms with E-state index in [0.717, 1.165) is 6.42 Å². The third kappa shape index (κ3) is 3.00. The Balaban J connectivity index is 2.22. The third-order valence-corrected chi connectivity index (χ3v) is 4.85. The summed E-state index contributed by atoms with van der Waals surface area (Å²) in [6.45, 7) is 8.39. The summed E-state index contributed by atoms with van der Waals surface area (Å²) in [6, 6.07) is 0.384. The fourth-order valence-electron chi connectivity index (χ4n) is 2.90. The van der Waals surface area contributed by atoms with Gasteiger partial charge < -0.3 is 5.32 Å². The number of aromatic nitrogens is 2. The Morgan fingerprint density at radius 3 is 2.75 bits per heavy atom. The van der Waals surface area contributed by atoms with Gasteiger partial charge in [-0.05, 0) is 32.1 Å². The molecular weight excluding hydrogens is 274 g/mol. The Morgan fingerprint density at radius 2 is 2.10 bits per heavy atom. The molecule has 20 heavy (non-hydrogen) atoms. The van der Waals surface area contributed by atoms with Crippen molar-refractivity contribution in [1.82, 2.24) is 9.78 Å². The average molecular weight is 298 g/mol. The quantitative estimate of drug-likeness (QED) is 0.925. The lowest BCUT2D eigenvalue weighted by molar-refractivity contribution is 0.253. The number of hydrogen-bond acceptors (Lipinski definition) is 3. The van der Waals surface area contributed by atoms with Gasteiger partial charge in [-0.2, -0.15) is 5.10 Å². The van der Waals surface area contributed by atoms with Crippen LogP contribution in [0.5, 0.6) is 0 Å². The van der Waals surface area contributed by atoms with Crippen LogP contribution in [0.25, 0.3) is 0 Å². The lowest BCUT2D eigenvalue weighted by Crippen LogP contribution is -2.36. The Kier molecular flexibility index (Phi) is 4.74. The second-order valence-electron chi connectivity index (χ2n) is 6.23. The lowest BCUT2D eigenvalue weighted by atomic mass is 9.78. The van der Waals surface area contributed by atoms with Crippen LogP contribution < -0.4 is 10.9 Å². The molecule has 3 atom stereocenters. The monoisotopic (exact) mass is 297 g/mol. The largest absolute Gasteiger partial charge is 0.379 e. The molecule has 0 aliphatic heterocycles. The molecule has 1 N–H and O–H groups in total. The van der Waals surface area contributed by atoms with E-state index >= 15 is 0 Å². The molecule has 1 fully saturated rings. The van der Waals surface area contributed by atoms with Crippen molar-refractivity contribution < 1.29 is 0 Å². The minimum Gasteiger partial charge on any atom is -0.379 e. The van der Waals surface area contributed by atoms with Gasteiger partial charge >= 0.3 is 0 Å². The number of anilines is 1. The number of rotatable bonds is 3. The van der Waals surface area contributed by atoms with Crippen LogP contribution >= 0.6 is 11.6 Å². The SMILES string of the molecule is CC1CCCC(Nc2cnn(C(C)C)c(=O)c2Cl)C1C. The molecule has 0 aromatic carbocycles. The standard InChI is InChI=1S/C15H24ClN3O/c1-9(2)19-15(20)14(16)13(8-17-19)18-12-7-5-6-10(3)11(12)4/h8-12,18H,5-7H2,1-4H3. The summed E-state index contributed by atoms with van der Waals surface area (Å²) in [4.78, 5) is 12.1. The molecule has 0 saturated heterocycles. The summed E-state index contributed by atoms with van der Waals surface area (Å²) in [5.41, 5.74) is 0.447. The van der Waals surface area contributed by atoms with Crippen LogP contribution in [0, 0.1) is 11.8 Å². The molecule has 1 saturated carbocycles. The van der Waals surface area contributed by atoms with Crippen LogP contribution in [0.4, 0.5) is 5.69 Å². The third-order valence-electron chi connectivity index (χ3n) is 4.48. The number of halogens is 1. The molecule has 0 bridgehead atoms. The van der Waals surface area contributed by atoms with Crippen LogP contribution in [0.15, 0.2) is 11.0 Å². The van der Waals surface area contributed by atoms with Crippen LogP contribution in [0.3, 0.4) is 0 Å². The van der Waals surface area contributed by atoms with Gasteiger partial charge in [0.25, 0.3) is 5.56 Å². The topological polar surface area (TPSA) is 46.9 Å². The molecule has 1 aromatic heterocycles. The van der Waals surface area contributed by atoms with E-state index in [1.807, 2.05) is 13.8 Å². The zero-order valence-electron chi connectivity index (χ0n) is 12.7. The summed E-state index contributed by atoms with van der Waals surface area (Å²) in [6.07, 6.45) is 5.29. The van der Waals surface area contributed by atoms with Crippen molar-refractivity contribution in [2.24, 2.45) is 11.8 Å². The van der Waals surface area contributed by atoms with E-state index in [4.69, 9.17) is 11.6 Å². The predicted molar refractivity (Wildman–Crippen MR) is 83.5 cm³/mol. The van der Waals surface area contributed by atoms with Crippen molar-refractivity contribution in [3.05, 3.63) is 21.6 Å². The number of nitrogens with zero attached hydrogens (tertiary/aromatic N) is 2. The first-order valence-corrected chi connectivity index (χ1v) is 7.83. The van der Waals surface area contributed by atoms with E-state index in [2.05, 4.69) is 24.3 Å². The molecule has 5 heteroatoms. The van der Waals surface area contributed by atoms with Crippen molar-refractivity contribution in [3.63, 3.8) is 0 Å². The van der Waals surface area contributed by atoms with E-state index in [-0.39, 0.29) is 16.6 Å². The van der Waals surface area contributed by atoms with Crippen LogP contribution in [-0.4, -0.2) is 15.8 Å². The molecule has 112 valence electrons. The molecule has 0 spiro atoms. The highest BCUT2D eigenvalue weighted by Gasteiger charge is 2.27. The van der Waals surface area contributed by atoms with E-state index < -0.39 is 0 Å². The van der Waals surface area contributed by atoms with Gasteiger partial charge in [-0.1, -0.05) is 38.3 Å². The molecule has 2 rings (SSSR count). The van der Waals surface area contributed by atoms with Crippen molar-refractivity contribution in [2.45, 2.75) is 59.0 Å². The predicted octanol–water partition coefficient (Wildman–Crippen LogP) is 3.71. The minimum absolute atomic E-state index is 0.0164. The maximum Gasteiger partial charge on any atom is 0.287 e. The van der Waals surface area contributed by atoms with Crippen molar-refractivity contribution in [1.29, 1.82) is 0 Å². The van der Waals surface area contributed by atoms with Gasteiger partial charge in [0.05, 0.1) is 17.9 Å². The Morgan fingerprint density at radius 1 is 1.40 bits per heavy atom. The first-order valence-electron chi connectivity index (χ1n) is 7.45. The summed E-state index contributed by atoms with van der Waals surface area (Å²) in [5.74, 6) is 1.27. The Bertz CT molecular complexity index is 526. The maximum atomic E-state index is 12.1. The summed E-state index contributed by atoms with van der Waals surface area (Å²) in [5, 5.41) is 7.88. The molecule has 1 heterocycles. The zero-order valence-corrected chi connectivity index (χ0v) is 13.4. The van der Waals surface area contributed by atoms with Gasteiger partial charge in [0.2, 0.25) is 0 Å². The van der Waals surface area contributed by atoms with Gasteiger partial charge in [0.1, 0.15) is 5.02 Å². The smallest absolute Gasteiger partial charge is 0.287 e. The van der Waals surface area contributed by atoms with E-state index in [1.165, 1.54) is 17.5 Å². The van der Waals surface area contributed by atoms with E-state index in [1.54, 1.807) is 6.20 Å². The summed E-state index contributed by atoms with van der Waals surface area (Å²) < 4.78 is 1.42. The van der Waals surface area contributed by atoms with Gasteiger partial charge in [-0.15, -0.1) is 0 Å². The Labute approximate surface area is 125 Å². The first-order chi connectivity index (χ1) is 9.41. The van der Waals surface area contributed by atoms with Gasteiger partial charge in [0.15, 0.2) is 0 Å². The second kappa shape index (κ2) is 6.17. The van der Waals surface area contributed by atoms with Crippen molar-refractivity contribution >= 4 is 17.3 Å². The van der Waals surface area contributed by atoms with Crippen molar-refractivity contribution in [3.8, 4) is 0 Å². The zero-order chi connectivity index (χ0) is 14.9. The fourth-order valence-corrected chi connectivity index (χ4v) is 3.09. The maximum absolute atomic E-state index is 12.1. The van der Waals surface area contributed by atoms with Gasteiger partial charge in [0, 0.05) is 6.04 Å². The normalized spacial score (nSPS) is 26.8. The highest BCUT2D eigenvalue weighted by atomic mass is 35.5. The number of nitrogens with one attached hydrogen (secondary N) is 1. The van der Waals surface area contributed by atoms with Crippen LogP contribution in [-0.2, 0) is 0 Å². The molecule has 4 nitrogen and oxygen atoms in total. The van der Waals surface area contributed by atoms with E-state index in [9.17, 15) is 4.79 Å². The molecule has 1 aromatic rings. The molecular formula is C15H24ClN3O. The van der Waals surface area contributed by atoms with Gasteiger partial charge in [-0.3, -0.25) is 4.79 Å². The highest BCUT2D eigenvalue weighted by molar-refractivity contribution is 6.32. The fraction of sp³-hybridized carbons (Fsp3) is 0.733. The number of hydrogen-bond donors (Lipinski definition) is 1. The summed E-state index contributed by atoms with van der Waals surface area (Å²) >= 11 is 6.21. The lowest BCUT2D eigenvalue weighted by Gasteiger charge is -2.35. The molecule has 3 unspecified atom stereocenters. The van der Waals surface area contributed by atoms with Crippen LogP contribution in [0.2, 0.25) is 5.02 Å². The molecule has 1 aliphatic carbocycles. The molecule has 0 radical (unpaired) electrons. The Hall–Kier alpha value is -1.03. The summed E-state index contributed by atoms with van der Waals surface area (Å²) in [7, 11) is 0. The second-order valence-corrected chi connectivity index (χ2v) is 6.61. The first kappa shape index (κ1) is 15.4. The molecule has 0 amide bonds. The average Bonchev–Trinajstić information content (AvgIpc) is 2.40. The minimum atomic E-state index is -0.219. The van der Waals surface area contributed by atoms with Crippen LogP contribution in [0.1, 0.15) is 53.0 Å².